The van der Waals surface area contributed by atoms with E-state index in [4.69, 9.17) is 4.74 Å². The smallest absolute Gasteiger partial charge is 0.294 e. The Kier molecular flexibility index (Phi) is 6.78. The molecule has 35 heavy (non-hydrogen) atoms. The fourth-order valence-corrected chi connectivity index (χ4v) is 3.78. The van der Waals surface area contributed by atoms with E-state index in [9.17, 15) is 10.1 Å². The lowest BCUT2D eigenvalue weighted by atomic mass is 10.2. The van der Waals surface area contributed by atoms with Gasteiger partial charge in [-0.3, -0.25) is 14.5 Å². The summed E-state index contributed by atoms with van der Waals surface area (Å²) in [4.78, 5) is 28.9. The minimum absolute atomic E-state index is 0.0411. The monoisotopic (exact) mass is 476 g/mol. The molecule has 0 unspecified atom stereocenters. The third-order valence-corrected chi connectivity index (χ3v) is 5.65. The first-order chi connectivity index (χ1) is 16.8. The van der Waals surface area contributed by atoms with Crippen LogP contribution in [0.3, 0.4) is 0 Å². The molecule has 0 aliphatic rings. The lowest BCUT2D eigenvalue weighted by Gasteiger charge is -2.22. The van der Waals surface area contributed by atoms with Crippen LogP contribution >= 0.6 is 0 Å². The van der Waals surface area contributed by atoms with Gasteiger partial charge in [-0.05, 0) is 39.2 Å². The van der Waals surface area contributed by atoms with Gasteiger partial charge in [-0.1, -0.05) is 6.07 Å². The van der Waals surface area contributed by atoms with Crippen LogP contribution < -0.4 is 15.0 Å². The number of aryl methyl sites for hydroxylation is 1. The molecule has 0 radical (unpaired) electrons. The largest absolute Gasteiger partial charge is 0.494 e. The van der Waals surface area contributed by atoms with Crippen molar-refractivity contribution in [3.05, 3.63) is 64.6 Å². The summed E-state index contributed by atoms with van der Waals surface area (Å²) in [6.45, 7) is 3.31. The highest BCUT2D eigenvalue weighted by Gasteiger charge is 2.22. The van der Waals surface area contributed by atoms with Gasteiger partial charge in [0.2, 0.25) is 5.95 Å². The number of hydrogen-bond donors (Lipinski definition) is 1. The number of likely N-dealkylation sites (N-methyl/N-ethyl adjacent to an activating group) is 2. The van der Waals surface area contributed by atoms with Gasteiger partial charge in [0.15, 0.2) is 5.82 Å². The Morgan fingerprint density at radius 2 is 1.94 bits per heavy atom. The van der Waals surface area contributed by atoms with Gasteiger partial charge in [-0.2, -0.15) is 0 Å². The maximum atomic E-state index is 11.9. The van der Waals surface area contributed by atoms with Crippen LogP contribution in [-0.2, 0) is 0 Å². The van der Waals surface area contributed by atoms with Gasteiger partial charge in [0.1, 0.15) is 17.1 Å². The molecule has 0 amide bonds. The molecule has 182 valence electrons. The minimum Gasteiger partial charge on any atom is -0.494 e. The van der Waals surface area contributed by atoms with Crippen molar-refractivity contribution in [2.24, 2.45) is 0 Å². The molecule has 0 saturated heterocycles. The number of fused-ring (bicyclic) bond motifs is 1. The molecule has 3 aromatic heterocycles. The van der Waals surface area contributed by atoms with E-state index in [1.54, 1.807) is 18.3 Å². The van der Waals surface area contributed by atoms with Crippen molar-refractivity contribution in [2.75, 3.05) is 51.6 Å². The Labute approximate surface area is 203 Å². The number of nitrogens with one attached hydrogen (secondary N) is 1. The maximum absolute atomic E-state index is 11.9. The molecule has 4 aromatic rings. The molecular formula is C24H28N8O3. The highest BCUT2D eigenvalue weighted by Crippen LogP contribution is 2.39. The number of rotatable bonds is 9. The summed E-state index contributed by atoms with van der Waals surface area (Å²) in [7, 11) is 7.25. The molecule has 11 nitrogen and oxygen atoms in total. The highest BCUT2D eigenvalue weighted by molar-refractivity contribution is 5.77. The van der Waals surface area contributed by atoms with Crippen LogP contribution in [-0.4, -0.2) is 70.5 Å². The summed E-state index contributed by atoms with van der Waals surface area (Å²) in [5, 5.41) is 15.0. The number of hydrogen-bond acceptors (Lipinski definition) is 9. The van der Waals surface area contributed by atoms with Crippen LogP contribution in [0.2, 0.25) is 0 Å². The van der Waals surface area contributed by atoms with Crippen LogP contribution in [0, 0.1) is 17.0 Å². The number of nitro benzene ring substituents is 1. The molecule has 1 aromatic carbocycles. The number of pyridine rings is 1. The van der Waals surface area contributed by atoms with E-state index in [0.29, 0.717) is 35.2 Å². The molecule has 0 bridgehead atoms. The summed E-state index contributed by atoms with van der Waals surface area (Å²) in [6, 6.07) is 10.8. The predicted molar refractivity (Wildman–Crippen MR) is 136 cm³/mol. The third kappa shape index (κ3) is 4.99. The summed E-state index contributed by atoms with van der Waals surface area (Å²) in [5.74, 6) is 1.40. The number of ether oxygens (including phenoxy) is 1. The molecular weight excluding hydrogens is 448 g/mol. The zero-order valence-electron chi connectivity index (χ0n) is 20.4. The molecule has 0 aliphatic heterocycles. The van der Waals surface area contributed by atoms with E-state index in [-0.39, 0.29) is 11.6 Å². The predicted octanol–water partition coefficient (Wildman–Crippen LogP) is 3.76. The Balaban J connectivity index is 1.70. The number of nitro groups is 1. The summed E-state index contributed by atoms with van der Waals surface area (Å²) < 4.78 is 7.51. The van der Waals surface area contributed by atoms with Gasteiger partial charge in [0, 0.05) is 44.7 Å². The normalized spacial score (nSPS) is 11.1. The summed E-state index contributed by atoms with van der Waals surface area (Å²) in [5.41, 5.74) is 3.31. The molecule has 0 aliphatic carbocycles. The molecule has 1 N–H and O–H groups in total. The number of nitrogens with zero attached hydrogens (tertiary/aromatic N) is 7. The van der Waals surface area contributed by atoms with Crippen LogP contribution in [0.25, 0.3) is 17.0 Å². The zero-order chi connectivity index (χ0) is 25.1. The molecule has 11 heteroatoms. The number of aromatic nitrogens is 4. The molecule has 3 heterocycles. The van der Waals surface area contributed by atoms with E-state index in [2.05, 4.69) is 20.3 Å². The van der Waals surface area contributed by atoms with E-state index in [1.165, 1.54) is 13.2 Å². The number of methoxy groups -OCH3 is 1. The second kappa shape index (κ2) is 9.94. The third-order valence-electron chi connectivity index (χ3n) is 5.65. The lowest BCUT2D eigenvalue weighted by Crippen LogP contribution is -2.28. The Bertz CT molecular complexity index is 1370. The average molecular weight is 477 g/mol. The summed E-state index contributed by atoms with van der Waals surface area (Å²) >= 11 is 0. The molecule has 0 fully saturated rings. The first-order valence-electron chi connectivity index (χ1n) is 11.0. The Morgan fingerprint density at radius 3 is 2.66 bits per heavy atom. The minimum atomic E-state index is -0.400. The number of anilines is 3. The van der Waals surface area contributed by atoms with E-state index in [1.807, 2.05) is 66.7 Å². The molecule has 4 rings (SSSR count). The van der Waals surface area contributed by atoms with Gasteiger partial charge in [0.05, 0.1) is 28.9 Å². The quantitative estimate of drug-likeness (QED) is 0.285. The standard InChI is InChI=1S/C24H28N8O3/c1-16-19-8-6-7-11-31(19)23(26-16)17-9-10-25-24(27-17)28-18-14-21(32(33)34)20(15-22(18)35-5)30(4)13-12-29(2)3/h6-11,14-15H,12-13H2,1-5H3,(H,25,27,28). The van der Waals surface area contributed by atoms with Crippen molar-refractivity contribution in [3.63, 3.8) is 0 Å². The molecule has 0 atom stereocenters. The van der Waals surface area contributed by atoms with E-state index < -0.39 is 4.92 Å². The SMILES string of the molecule is COc1cc(N(C)CCN(C)C)c([N+](=O)[O-])cc1Nc1nccc(-c2nc(C)c3ccccn23)n1. The van der Waals surface area contributed by atoms with Crippen molar-refractivity contribution >= 4 is 28.5 Å². The number of imidazole rings is 1. The van der Waals surface area contributed by atoms with Crippen LogP contribution in [0.5, 0.6) is 5.75 Å². The molecule has 0 saturated carbocycles. The maximum Gasteiger partial charge on any atom is 0.294 e. The van der Waals surface area contributed by atoms with Gasteiger partial charge >= 0.3 is 0 Å². The topological polar surface area (TPSA) is 114 Å². The Hall–Kier alpha value is -4.25. The van der Waals surface area contributed by atoms with Crippen LogP contribution in [0.15, 0.2) is 48.8 Å². The van der Waals surface area contributed by atoms with Crippen LogP contribution in [0.1, 0.15) is 5.69 Å². The zero-order valence-corrected chi connectivity index (χ0v) is 20.4. The molecule has 0 spiro atoms. The second-order valence-electron chi connectivity index (χ2n) is 8.39. The van der Waals surface area contributed by atoms with Crippen molar-refractivity contribution < 1.29 is 9.66 Å². The fraction of sp³-hybridized carbons (Fsp3) is 0.292. The van der Waals surface area contributed by atoms with Crippen molar-refractivity contribution in [2.45, 2.75) is 6.92 Å². The fourth-order valence-electron chi connectivity index (χ4n) is 3.78. The van der Waals surface area contributed by atoms with E-state index >= 15 is 0 Å². The average Bonchev–Trinajstić information content (AvgIpc) is 3.19. The first kappa shape index (κ1) is 23.9. The van der Waals surface area contributed by atoms with Gasteiger partial charge < -0.3 is 19.9 Å². The lowest BCUT2D eigenvalue weighted by molar-refractivity contribution is -0.384. The van der Waals surface area contributed by atoms with Crippen molar-refractivity contribution in [1.29, 1.82) is 0 Å². The highest BCUT2D eigenvalue weighted by atomic mass is 16.6. The number of benzene rings is 1. The first-order valence-corrected chi connectivity index (χ1v) is 11.0. The van der Waals surface area contributed by atoms with E-state index in [0.717, 1.165) is 17.8 Å². The van der Waals surface area contributed by atoms with Gasteiger partial charge in [0.25, 0.3) is 5.69 Å². The van der Waals surface area contributed by atoms with Crippen molar-refractivity contribution in [3.8, 4) is 17.3 Å². The second-order valence-corrected chi connectivity index (χ2v) is 8.39. The van der Waals surface area contributed by atoms with Gasteiger partial charge in [-0.25, -0.2) is 15.0 Å². The van der Waals surface area contributed by atoms with Gasteiger partial charge in [-0.15, -0.1) is 0 Å². The van der Waals surface area contributed by atoms with Crippen molar-refractivity contribution in [1.82, 2.24) is 24.3 Å². The Morgan fingerprint density at radius 1 is 1.14 bits per heavy atom. The van der Waals surface area contributed by atoms with Crippen LogP contribution in [0.4, 0.5) is 23.0 Å². The summed E-state index contributed by atoms with van der Waals surface area (Å²) in [6.07, 6.45) is 3.55.